The van der Waals surface area contributed by atoms with Crippen molar-refractivity contribution >= 4 is 75.6 Å². The fourth-order valence-electron chi connectivity index (χ4n) is 3.89. The van der Waals surface area contributed by atoms with E-state index in [0.717, 1.165) is 11.8 Å². The van der Waals surface area contributed by atoms with Gasteiger partial charge in [-0.2, -0.15) is 5.10 Å². The highest BCUT2D eigenvalue weighted by molar-refractivity contribution is 8.18. The Morgan fingerprint density at radius 2 is 1.82 bits per heavy atom. The van der Waals surface area contributed by atoms with E-state index in [1.165, 1.54) is 41.6 Å². The number of carbonyl (C=O) groups is 2. The molecule has 5 rings (SSSR count). The Balaban J connectivity index is 1.36. The van der Waals surface area contributed by atoms with Crippen LogP contribution in [0.25, 0.3) is 6.08 Å². The van der Waals surface area contributed by atoms with E-state index in [0.29, 0.717) is 43.3 Å². The Kier molecular flexibility index (Phi) is 9.75. The maximum absolute atomic E-state index is 13.5. The van der Waals surface area contributed by atoms with Crippen LogP contribution < -0.4 is 10.1 Å². The number of nitrogens with one attached hydrogen (secondary N) is 1. The largest absolute Gasteiger partial charge is 0.483 e. The summed E-state index contributed by atoms with van der Waals surface area (Å²) in [5, 5.41) is 23.2. The summed E-state index contributed by atoms with van der Waals surface area (Å²) in [6.45, 7) is -0.192. The van der Waals surface area contributed by atoms with Crippen LogP contribution in [0, 0.1) is 10.1 Å². The van der Waals surface area contributed by atoms with Crippen molar-refractivity contribution in [1.29, 1.82) is 0 Å². The molecule has 0 aliphatic carbocycles. The summed E-state index contributed by atoms with van der Waals surface area (Å²) in [6, 6.07) is 20.7. The first-order valence-corrected chi connectivity index (χ1v) is 14.4. The molecule has 3 aromatic carbocycles. The Morgan fingerprint density at radius 3 is 2.52 bits per heavy atom. The molecule has 0 spiro atoms. The predicted octanol–water partition coefficient (Wildman–Crippen LogP) is 7.02. The average Bonchev–Trinajstić information content (AvgIpc) is 3.62. The van der Waals surface area contributed by atoms with Crippen molar-refractivity contribution in [2.75, 3.05) is 11.9 Å². The van der Waals surface area contributed by atoms with E-state index < -0.39 is 10.8 Å². The van der Waals surface area contributed by atoms with Crippen molar-refractivity contribution in [1.82, 2.24) is 4.90 Å². The fraction of sp³-hybridized carbons (Fsp3) is 0.0667. The van der Waals surface area contributed by atoms with Gasteiger partial charge in [0.15, 0.2) is 11.8 Å². The maximum Gasteiger partial charge on any atom is 0.269 e. The molecule has 0 atom stereocenters. The first-order chi connectivity index (χ1) is 21.2. The normalized spacial score (nSPS) is 15.0. The first kappa shape index (κ1) is 30.5. The third-order valence-electron chi connectivity index (χ3n) is 5.98. The van der Waals surface area contributed by atoms with Crippen molar-refractivity contribution in [3.63, 3.8) is 0 Å². The number of benzene rings is 3. The molecule has 1 aliphatic heterocycles. The molecule has 1 aliphatic rings. The topological polar surface area (TPSA) is 140 Å². The molecular formula is C30H21Cl2N5O6S. The fourth-order valence-corrected chi connectivity index (χ4v) is 5.12. The van der Waals surface area contributed by atoms with Crippen molar-refractivity contribution in [2.24, 2.45) is 10.2 Å². The Hall–Kier alpha value is -4.91. The van der Waals surface area contributed by atoms with Crippen LogP contribution in [0.3, 0.4) is 0 Å². The average molecular weight is 651 g/mol. The van der Waals surface area contributed by atoms with Crippen molar-refractivity contribution in [3.8, 4) is 5.75 Å². The third-order valence-corrected chi connectivity index (χ3v) is 7.47. The minimum Gasteiger partial charge on any atom is -0.483 e. The molecular weight excluding hydrogens is 629 g/mol. The highest BCUT2D eigenvalue weighted by Crippen LogP contribution is 2.36. The number of amides is 2. The molecule has 2 amide bonds. The van der Waals surface area contributed by atoms with Gasteiger partial charge in [0.1, 0.15) is 11.5 Å². The zero-order chi connectivity index (χ0) is 31.1. The second-order valence-electron chi connectivity index (χ2n) is 9.08. The third kappa shape index (κ3) is 7.92. The molecule has 222 valence electrons. The second-order valence-corrected chi connectivity index (χ2v) is 11.0. The summed E-state index contributed by atoms with van der Waals surface area (Å²) in [4.78, 5) is 38.1. The number of halogens is 2. The summed E-state index contributed by atoms with van der Waals surface area (Å²) in [6.07, 6.45) is 4.53. The number of nitrogens with zero attached hydrogens (tertiary/aromatic N) is 4. The lowest BCUT2D eigenvalue weighted by Gasteiger charge is -2.13. The van der Waals surface area contributed by atoms with E-state index in [4.69, 9.17) is 32.4 Å². The van der Waals surface area contributed by atoms with Gasteiger partial charge in [-0.25, -0.2) is 0 Å². The van der Waals surface area contributed by atoms with E-state index >= 15 is 0 Å². The van der Waals surface area contributed by atoms with E-state index in [-0.39, 0.29) is 29.9 Å². The zero-order valence-electron chi connectivity index (χ0n) is 22.6. The summed E-state index contributed by atoms with van der Waals surface area (Å²) in [7, 11) is 0. The Bertz CT molecular complexity index is 1770. The van der Waals surface area contributed by atoms with Gasteiger partial charge in [-0.15, -0.1) is 5.10 Å². The van der Waals surface area contributed by atoms with E-state index in [1.54, 1.807) is 60.7 Å². The van der Waals surface area contributed by atoms with Crippen LogP contribution in [-0.2, 0) is 16.1 Å². The van der Waals surface area contributed by atoms with Gasteiger partial charge < -0.3 is 14.5 Å². The summed E-state index contributed by atoms with van der Waals surface area (Å²) >= 11 is 13.2. The van der Waals surface area contributed by atoms with E-state index in [9.17, 15) is 19.7 Å². The van der Waals surface area contributed by atoms with Crippen LogP contribution >= 0.6 is 35.0 Å². The van der Waals surface area contributed by atoms with Gasteiger partial charge in [0.05, 0.1) is 28.9 Å². The molecule has 11 nitrogen and oxygen atoms in total. The Morgan fingerprint density at radius 1 is 1.07 bits per heavy atom. The number of anilines is 1. The number of carbonyl (C=O) groups excluding carboxylic acids is 2. The van der Waals surface area contributed by atoms with E-state index in [2.05, 4.69) is 15.5 Å². The lowest BCUT2D eigenvalue weighted by molar-refractivity contribution is -0.384. The van der Waals surface area contributed by atoms with Crippen molar-refractivity contribution in [2.45, 2.75) is 6.54 Å². The molecule has 1 aromatic heterocycles. The molecule has 44 heavy (non-hydrogen) atoms. The van der Waals surface area contributed by atoms with Gasteiger partial charge in [0, 0.05) is 33.4 Å². The SMILES string of the molecule is O=C(COc1ccc(Cl)cc1/C=C1\S/C(=N\N=C\c2ccc([N+](=O)[O-])cc2)N(Cc2ccco2)C1=O)Nc1ccc(Cl)cc1. The highest BCUT2D eigenvalue weighted by atomic mass is 35.5. The van der Waals surface area contributed by atoms with Crippen LogP contribution in [0.1, 0.15) is 16.9 Å². The van der Waals surface area contributed by atoms with Crippen LogP contribution in [0.5, 0.6) is 5.75 Å². The van der Waals surface area contributed by atoms with Crippen molar-refractivity contribution in [3.05, 3.63) is 127 Å². The number of rotatable bonds is 10. The quantitative estimate of drug-likeness (QED) is 0.0842. The number of nitro benzene ring substituents is 1. The van der Waals surface area contributed by atoms with Gasteiger partial charge in [-0.05, 0) is 90.1 Å². The smallest absolute Gasteiger partial charge is 0.269 e. The monoisotopic (exact) mass is 649 g/mol. The minimum absolute atomic E-state index is 0.0450. The number of thioether (sulfide) groups is 1. The molecule has 0 saturated carbocycles. The van der Waals surface area contributed by atoms with Gasteiger partial charge in [-0.1, -0.05) is 23.2 Å². The summed E-state index contributed by atoms with van der Waals surface area (Å²) < 4.78 is 11.2. The minimum atomic E-state index is -0.491. The van der Waals surface area contributed by atoms with Crippen molar-refractivity contribution < 1.29 is 23.7 Å². The number of ether oxygens (including phenoxy) is 1. The number of nitro groups is 1. The lowest BCUT2D eigenvalue weighted by Crippen LogP contribution is -2.28. The van der Waals surface area contributed by atoms with Crippen LogP contribution in [0.4, 0.5) is 11.4 Å². The predicted molar refractivity (Wildman–Crippen MR) is 170 cm³/mol. The second kappa shape index (κ2) is 14.0. The van der Waals surface area contributed by atoms with Gasteiger partial charge in [0.25, 0.3) is 17.5 Å². The molecule has 2 heterocycles. The molecule has 0 radical (unpaired) electrons. The zero-order valence-corrected chi connectivity index (χ0v) is 24.9. The number of amidine groups is 1. The maximum atomic E-state index is 13.5. The Labute approximate surface area is 265 Å². The number of furan rings is 1. The standard InChI is InChI=1S/C30H21Cl2N5O6S/c31-21-5-8-23(9-6-21)34-28(38)18-43-26-12-7-22(32)14-20(26)15-27-29(39)36(17-25-2-1-13-42-25)30(44-27)35-33-16-19-3-10-24(11-4-19)37(40)41/h1-16H,17-18H2,(H,34,38)/b27-15-,33-16+,35-30-. The number of hydrogen-bond acceptors (Lipinski definition) is 9. The number of non-ortho nitro benzene ring substituents is 1. The van der Waals surface area contributed by atoms with Crippen LogP contribution in [0.2, 0.25) is 10.0 Å². The summed E-state index contributed by atoms with van der Waals surface area (Å²) in [5.41, 5.74) is 1.58. The van der Waals surface area contributed by atoms with Crippen LogP contribution in [-0.4, -0.2) is 39.6 Å². The van der Waals surface area contributed by atoms with Gasteiger partial charge in [0.2, 0.25) is 0 Å². The number of hydrogen-bond donors (Lipinski definition) is 1. The molecule has 14 heteroatoms. The molecule has 1 fully saturated rings. The highest BCUT2D eigenvalue weighted by Gasteiger charge is 2.34. The molecule has 0 unspecified atom stereocenters. The van der Waals surface area contributed by atoms with Crippen LogP contribution in [0.15, 0.2) is 105 Å². The molecule has 1 saturated heterocycles. The van der Waals surface area contributed by atoms with Gasteiger partial charge >= 0.3 is 0 Å². The first-order valence-electron chi connectivity index (χ1n) is 12.8. The van der Waals surface area contributed by atoms with Gasteiger partial charge in [-0.3, -0.25) is 24.6 Å². The molecule has 1 N–H and O–H groups in total. The molecule has 0 bridgehead atoms. The lowest BCUT2D eigenvalue weighted by atomic mass is 10.2. The summed E-state index contributed by atoms with van der Waals surface area (Å²) in [5.74, 6) is 0.116. The molecule has 4 aromatic rings. The van der Waals surface area contributed by atoms with E-state index in [1.807, 2.05) is 0 Å².